The fourth-order valence-electron chi connectivity index (χ4n) is 11.9. The summed E-state index contributed by atoms with van der Waals surface area (Å²) in [6.45, 7) is 4.56. The number of carbonyl (C=O) groups excluding carboxylic acids is 3. The van der Waals surface area contributed by atoms with Gasteiger partial charge in [0.15, 0.2) is 12.4 Å². The topological polar surface area (TPSA) is 111 Å². The zero-order chi connectivity index (χ0) is 71.8. The molecule has 9 heteroatoms. The molecule has 0 fully saturated rings. The number of nitrogens with zero attached hydrogens (tertiary/aromatic N) is 1. The third kappa shape index (κ3) is 80.9. The van der Waals surface area contributed by atoms with E-state index in [0.29, 0.717) is 23.9 Å². The molecule has 0 aromatic heterocycles. The maximum atomic E-state index is 13.0. The number of aliphatic carboxylic acids is 1. The molecule has 0 amide bonds. The number of hydrogen-bond acceptors (Lipinski definition) is 8. The van der Waals surface area contributed by atoms with Crippen LogP contribution < -0.4 is 5.11 Å². The lowest BCUT2D eigenvalue weighted by Gasteiger charge is -2.26. The highest BCUT2D eigenvalue weighted by molar-refractivity contribution is 5.70. The second kappa shape index (κ2) is 79.4. The van der Waals surface area contributed by atoms with Gasteiger partial charge in [-0.1, -0.05) is 379 Å². The Labute approximate surface area is 612 Å². The van der Waals surface area contributed by atoms with Crippen LogP contribution in [0, 0.1) is 0 Å². The third-order valence-electron chi connectivity index (χ3n) is 18.2. The number of rotatable bonds is 77. The van der Waals surface area contributed by atoms with E-state index in [2.05, 4.69) is 135 Å². The van der Waals surface area contributed by atoms with E-state index in [1.165, 1.54) is 238 Å². The van der Waals surface area contributed by atoms with E-state index in [1.54, 1.807) is 0 Å². The molecule has 0 saturated heterocycles. The summed E-state index contributed by atoms with van der Waals surface area (Å²) in [6.07, 6.45) is 111. The minimum absolute atomic E-state index is 0.146. The number of unbranched alkanes of at least 4 members (excludes halogenated alkanes) is 42. The van der Waals surface area contributed by atoms with Crippen molar-refractivity contribution in [3.63, 3.8) is 0 Å². The lowest BCUT2D eigenvalue weighted by molar-refractivity contribution is -0.870. The highest BCUT2D eigenvalue weighted by atomic mass is 16.7. The molecule has 9 nitrogen and oxygen atoms in total. The van der Waals surface area contributed by atoms with Crippen molar-refractivity contribution >= 4 is 17.9 Å². The summed E-state index contributed by atoms with van der Waals surface area (Å²) in [7, 11) is 5.94. The smallest absolute Gasteiger partial charge is 0.306 e. The maximum Gasteiger partial charge on any atom is 0.306 e. The van der Waals surface area contributed by atoms with Gasteiger partial charge >= 0.3 is 11.9 Å². The Hall–Kier alpha value is -4.31. The Morgan fingerprint density at radius 1 is 0.303 bits per heavy atom. The summed E-state index contributed by atoms with van der Waals surface area (Å²) >= 11 is 0. The first-order valence-corrected chi connectivity index (χ1v) is 41.7. The van der Waals surface area contributed by atoms with Crippen molar-refractivity contribution in [1.29, 1.82) is 0 Å². The standard InChI is InChI=1S/C90H157NO8/c1-6-8-10-12-14-16-18-20-22-24-26-28-30-32-34-36-38-40-41-42-43-44-45-46-47-49-50-52-54-56-58-60-62-64-66-68-70-72-74-76-78-80-87(92)97-84-86(85-98-90(89(94)95)96-83-82-91(3,4)5)99-88(93)81-79-77-75-73-71-69-67-65-63-61-59-57-55-53-51-48-39-37-35-33-31-29-27-25-23-21-19-17-15-13-11-9-7-2/h8-11,14-17,20-23,26-29,33,35,39,48,86,90H,6-7,12-13,18-19,24-25,30-32,34,36-38,40-47,49-85H2,1-5H3/b10-8-,11-9-,16-14-,17-15-,22-20-,23-21-,28-26-,29-27-,35-33-,48-39-. The van der Waals surface area contributed by atoms with Crippen LogP contribution in [0.4, 0.5) is 0 Å². The molecule has 2 unspecified atom stereocenters. The number of likely N-dealkylation sites (N-methyl/N-ethyl adjacent to an activating group) is 1. The monoisotopic (exact) mass is 1380 g/mol. The van der Waals surface area contributed by atoms with E-state index in [1.807, 2.05) is 21.1 Å². The minimum Gasteiger partial charge on any atom is -0.545 e. The van der Waals surface area contributed by atoms with Gasteiger partial charge in [0.25, 0.3) is 0 Å². The Balaban J connectivity index is 3.96. The Bertz CT molecular complexity index is 2050. The van der Waals surface area contributed by atoms with Crippen molar-refractivity contribution in [2.45, 2.75) is 386 Å². The number of quaternary nitrogens is 1. The van der Waals surface area contributed by atoms with Gasteiger partial charge in [-0.25, -0.2) is 0 Å². The van der Waals surface area contributed by atoms with Crippen molar-refractivity contribution < 1.29 is 42.9 Å². The van der Waals surface area contributed by atoms with Gasteiger partial charge in [-0.2, -0.15) is 0 Å². The van der Waals surface area contributed by atoms with E-state index in [0.717, 1.165) is 103 Å². The van der Waals surface area contributed by atoms with Crippen molar-refractivity contribution in [2.24, 2.45) is 0 Å². The van der Waals surface area contributed by atoms with Crippen molar-refractivity contribution in [2.75, 3.05) is 47.5 Å². The van der Waals surface area contributed by atoms with Crippen LogP contribution in [0.25, 0.3) is 0 Å². The Morgan fingerprint density at radius 2 is 0.545 bits per heavy atom. The summed E-state index contributed by atoms with van der Waals surface area (Å²) < 4.78 is 22.9. The number of carboxylic acid groups (broad SMARTS) is 1. The molecule has 0 bridgehead atoms. The third-order valence-corrected chi connectivity index (χ3v) is 18.2. The molecule has 0 aromatic carbocycles. The van der Waals surface area contributed by atoms with Crippen molar-refractivity contribution in [3.05, 3.63) is 122 Å². The lowest BCUT2D eigenvalue weighted by atomic mass is 10.0. The van der Waals surface area contributed by atoms with E-state index < -0.39 is 24.3 Å². The SMILES string of the molecule is CC/C=C\C/C=C\C/C=C\C/C=C\C/C=C\C/C=C\CCCCCCCCCCCCCCCCC(=O)OC(COC(=O)CCCCCCCCCCCCCCCCCCCCCCCCCCCCCC/C=C\C/C=C\C/C=C\C/C=C\CC)COC(OCC[N+](C)(C)C)C(=O)[O-]. The van der Waals surface area contributed by atoms with Gasteiger partial charge in [0.05, 0.1) is 40.3 Å². The normalized spacial score (nSPS) is 13.3. The lowest BCUT2D eigenvalue weighted by Crippen LogP contribution is -2.44. The first kappa shape index (κ1) is 94.7. The molecule has 0 aromatic rings. The number of carbonyl (C=O) groups is 3. The highest BCUT2D eigenvalue weighted by Crippen LogP contribution is 2.19. The number of esters is 2. The fourth-order valence-corrected chi connectivity index (χ4v) is 11.9. The van der Waals surface area contributed by atoms with Gasteiger partial charge in [-0.05, 0) is 103 Å². The van der Waals surface area contributed by atoms with Gasteiger partial charge in [-0.3, -0.25) is 9.59 Å². The molecule has 0 saturated carbocycles. The molecule has 99 heavy (non-hydrogen) atoms. The molecule has 0 spiro atoms. The van der Waals surface area contributed by atoms with Gasteiger partial charge in [0.1, 0.15) is 13.2 Å². The predicted octanol–water partition coefficient (Wildman–Crippen LogP) is 25.7. The van der Waals surface area contributed by atoms with Crippen LogP contribution in [0.5, 0.6) is 0 Å². The largest absolute Gasteiger partial charge is 0.545 e. The van der Waals surface area contributed by atoms with Crippen LogP contribution in [-0.4, -0.2) is 82.3 Å². The minimum atomic E-state index is -1.63. The van der Waals surface area contributed by atoms with Crippen LogP contribution in [0.3, 0.4) is 0 Å². The van der Waals surface area contributed by atoms with Gasteiger partial charge in [-0.15, -0.1) is 0 Å². The number of hydrogen-bond donors (Lipinski definition) is 0. The van der Waals surface area contributed by atoms with Crippen molar-refractivity contribution in [1.82, 2.24) is 0 Å². The van der Waals surface area contributed by atoms with E-state index in [4.69, 9.17) is 18.9 Å². The molecule has 570 valence electrons. The number of allylic oxidation sites excluding steroid dienone is 20. The van der Waals surface area contributed by atoms with Gasteiger partial charge < -0.3 is 33.3 Å². The van der Waals surface area contributed by atoms with Crippen LogP contribution in [0.15, 0.2) is 122 Å². The summed E-state index contributed by atoms with van der Waals surface area (Å²) in [5.74, 6) is -2.27. The van der Waals surface area contributed by atoms with Crippen molar-refractivity contribution in [3.8, 4) is 0 Å². The van der Waals surface area contributed by atoms with Crippen LogP contribution >= 0.6 is 0 Å². The molecule has 0 N–H and O–H groups in total. The molecule has 0 rings (SSSR count). The summed E-state index contributed by atoms with van der Waals surface area (Å²) in [6, 6.07) is 0. The maximum absolute atomic E-state index is 13.0. The van der Waals surface area contributed by atoms with Gasteiger partial charge in [0.2, 0.25) is 0 Å². The van der Waals surface area contributed by atoms with Crippen LogP contribution in [0.2, 0.25) is 0 Å². The first-order chi connectivity index (χ1) is 48.6. The fraction of sp³-hybridized carbons (Fsp3) is 0.744. The van der Waals surface area contributed by atoms with E-state index in [9.17, 15) is 19.5 Å². The Kier molecular flexibility index (Phi) is 75.9. The molecule has 0 radical (unpaired) electrons. The second-order valence-corrected chi connectivity index (χ2v) is 29.0. The molecular weight excluding hydrogens is 1220 g/mol. The second-order valence-electron chi connectivity index (χ2n) is 29.0. The first-order valence-electron chi connectivity index (χ1n) is 41.7. The summed E-state index contributed by atoms with van der Waals surface area (Å²) in [5, 5.41) is 11.9. The molecule has 0 aliphatic heterocycles. The van der Waals surface area contributed by atoms with Gasteiger partial charge in [0, 0.05) is 12.8 Å². The van der Waals surface area contributed by atoms with E-state index in [-0.39, 0.29) is 32.2 Å². The number of carboxylic acids is 1. The zero-order valence-corrected chi connectivity index (χ0v) is 65.3. The zero-order valence-electron chi connectivity index (χ0n) is 65.3. The molecule has 0 heterocycles. The quantitative estimate of drug-likeness (QED) is 0.0195. The van der Waals surface area contributed by atoms with Crippen LogP contribution in [-0.2, 0) is 33.3 Å². The molecule has 2 atom stereocenters. The van der Waals surface area contributed by atoms with Crippen LogP contribution in [0.1, 0.15) is 373 Å². The summed E-state index contributed by atoms with van der Waals surface area (Å²) in [5.41, 5.74) is 0. The average Bonchev–Trinajstić information content (AvgIpc) is 1.57. The average molecular weight is 1380 g/mol. The molecular formula is C90H157NO8. The number of ether oxygens (including phenoxy) is 4. The molecule has 0 aliphatic rings. The van der Waals surface area contributed by atoms with E-state index >= 15 is 0 Å². The summed E-state index contributed by atoms with van der Waals surface area (Å²) in [4.78, 5) is 37.6. The molecule has 0 aliphatic carbocycles. The Morgan fingerprint density at radius 3 is 0.808 bits per heavy atom. The highest BCUT2D eigenvalue weighted by Gasteiger charge is 2.22. The predicted molar refractivity (Wildman–Crippen MR) is 426 cm³/mol.